The first-order chi connectivity index (χ1) is 15.4. The molecule has 1 fully saturated rings. The summed E-state index contributed by atoms with van der Waals surface area (Å²) in [5.74, 6) is -0.763. The van der Waals surface area contributed by atoms with E-state index in [1.54, 1.807) is 30.3 Å². The van der Waals surface area contributed by atoms with Crippen molar-refractivity contribution in [1.29, 1.82) is 5.26 Å². The molecule has 1 aliphatic heterocycles. The number of nitrogens with zero attached hydrogens (tertiary/aromatic N) is 4. The van der Waals surface area contributed by atoms with Crippen LogP contribution in [0.4, 0.5) is 18.9 Å². The fraction of sp³-hybridized carbons (Fsp3) is 0.364. The summed E-state index contributed by atoms with van der Waals surface area (Å²) in [6, 6.07) is 12.3. The summed E-state index contributed by atoms with van der Waals surface area (Å²) >= 11 is 0. The molecule has 2 aromatic carbocycles. The van der Waals surface area contributed by atoms with E-state index in [0.717, 1.165) is 16.4 Å². The minimum atomic E-state index is -4.72. The molecular weight excluding hydrogens is 457 g/mol. The molecule has 1 aliphatic rings. The Morgan fingerprint density at radius 3 is 2.39 bits per heavy atom. The van der Waals surface area contributed by atoms with Gasteiger partial charge in [-0.3, -0.25) is 4.79 Å². The average Bonchev–Trinajstić information content (AvgIpc) is 2.77. The fourth-order valence-electron chi connectivity index (χ4n) is 3.76. The molecular formula is C22H23F3N4O3S. The van der Waals surface area contributed by atoms with Gasteiger partial charge in [0.2, 0.25) is 15.9 Å². The number of likely N-dealkylation sites (N-methyl/N-ethyl adjacent to an activating group) is 1. The lowest BCUT2D eigenvalue weighted by Crippen LogP contribution is -2.60. The number of halogens is 3. The van der Waals surface area contributed by atoms with Crippen molar-refractivity contribution in [2.24, 2.45) is 0 Å². The predicted octanol–water partition coefficient (Wildman–Crippen LogP) is 2.69. The second-order valence-corrected chi connectivity index (χ2v) is 9.81. The van der Waals surface area contributed by atoms with E-state index in [0.29, 0.717) is 5.56 Å². The van der Waals surface area contributed by atoms with Gasteiger partial charge in [-0.05, 0) is 23.8 Å². The van der Waals surface area contributed by atoms with Gasteiger partial charge in [0.25, 0.3) is 0 Å². The van der Waals surface area contributed by atoms with Crippen LogP contribution in [0.3, 0.4) is 0 Å². The first-order valence-corrected chi connectivity index (χ1v) is 11.7. The van der Waals surface area contributed by atoms with E-state index in [4.69, 9.17) is 5.26 Å². The summed E-state index contributed by atoms with van der Waals surface area (Å²) in [7, 11) is -0.890. The maximum Gasteiger partial charge on any atom is 0.417 e. The Morgan fingerprint density at radius 2 is 1.82 bits per heavy atom. The highest BCUT2D eigenvalue weighted by atomic mass is 32.2. The number of nitriles is 1. The molecule has 0 radical (unpaired) electrons. The lowest BCUT2D eigenvalue weighted by atomic mass is 10.1. The Morgan fingerprint density at radius 1 is 1.15 bits per heavy atom. The Kier molecular flexibility index (Phi) is 7.00. The number of hydrogen-bond acceptors (Lipinski definition) is 5. The maximum absolute atomic E-state index is 13.4. The lowest BCUT2D eigenvalue weighted by molar-refractivity contribution is -0.137. The van der Waals surface area contributed by atoms with E-state index in [2.05, 4.69) is 0 Å². The summed E-state index contributed by atoms with van der Waals surface area (Å²) in [5.41, 5.74) is -0.843. The smallest absolute Gasteiger partial charge is 0.368 e. The van der Waals surface area contributed by atoms with Gasteiger partial charge in [0.1, 0.15) is 6.04 Å². The monoisotopic (exact) mass is 480 g/mol. The van der Waals surface area contributed by atoms with Gasteiger partial charge in [0.15, 0.2) is 0 Å². The highest BCUT2D eigenvalue weighted by Gasteiger charge is 2.41. The molecule has 7 nitrogen and oxygen atoms in total. The summed E-state index contributed by atoms with van der Waals surface area (Å²) in [6.45, 7) is -0.0938. The van der Waals surface area contributed by atoms with Crippen LogP contribution in [0.25, 0.3) is 0 Å². The minimum absolute atomic E-state index is 0.0687. The van der Waals surface area contributed by atoms with Crippen LogP contribution in [0.5, 0.6) is 0 Å². The van der Waals surface area contributed by atoms with Crippen LogP contribution >= 0.6 is 0 Å². The molecule has 33 heavy (non-hydrogen) atoms. The molecule has 0 bridgehead atoms. The molecule has 1 saturated heterocycles. The lowest BCUT2D eigenvalue weighted by Gasteiger charge is -2.41. The highest BCUT2D eigenvalue weighted by molar-refractivity contribution is 7.88. The zero-order valence-electron chi connectivity index (χ0n) is 18.1. The van der Waals surface area contributed by atoms with Crippen molar-refractivity contribution in [1.82, 2.24) is 9.21 Å². The van der Waals surface area contributed by atoms with Crippen LogP contribution in [-0.2, 0) is 26.7 Å². The van der Waals surface area contributed by atoms with E-state index in [1.165, 1.54) is 36.0 Å². The number of anilines is 1. The van der Waals surface area contributed by atoms with Crippen molar-refractivity contribution in [2.45, 2.75) is 18.0 Å². The third-order valence-electron chi connectivity index (χ3n) is 5.40. The molecule has 1 amide bonds. The van der Waals surface area contributed by atoms with Crippen LogP contribution in [0.15, 0.2) is 48.5 Å². The minimum Gasteiger partial charge on any atom is -0.368 e. The maximum atomic E-state index is 13.4. The van der Waals surface area contributed by atoms with Crippen LogP contribution in [0, 0.1) is 11.3 Å². The van der Waals surface area contributed by atoms with Crippen LogP contribution in [0.2, 0.25) is 0 Å². The van der Waals surface area contributed by atoms with E-state index < -0.39 is 39.3 Å². The quantitative estimate of drug-likeness (QED) is 0.657. The summed E-state index contributed by atoms with van der Waals surface area (Å²) in [6.07, 6.45) is -4.72. The number of rotatable bonds is 5. The van der Waals surface area contributed by atoms with Crippen LogP contribution in [-0.4, -0.2) is 63.3 Å². The van der Waals surface area contributed by atoms with E-state index in [-0.39, 0.29) is 31.1 Å². The Hall–Kier alpha value is -3.10. The molecule has 0 aliphatic carbocycles. The number of benzene rings is 2. The van der Waals surface area contributed by atoms with Crippen molar-refractivity contribution in [2.75, 3.05) is 38.6 Å². The highest BCUT2D eigenvalue weighted by Crippen LogP contribution is 2.35. The predicted molar refractivity (Wildman–Crippen MR) is 117 cm³/mol. The average molecular weight is 481 g/mol. The second-order valence-electron chi connectivity index (χ2n) is 7.89. The summed E-state index contributed by atoms with van der Waals surface area (Å²) in [5, 5.41) is 9.02. The number of carbonyl (C=O) groups is 1. The van der Waals surface area contributed by atoms with Gasteiger partial charge in [-0.25, -0.2) is 8.42 Å². The second kappa shape index (κ2) is 9.41. The third kappa shape index (κ3) is 5.46. The SMILES string of the molecule is CN(C)C(=O)C1CN(c2ccc(C#N)c(C(F)(F)F)c2)CCN1S(=O)(=O)Cc1ccccc1. The van der Waals surface area contributed by atoms with Crippen LogP contribution in [0.1, 0.15) is 16.7 Å². The van der Waals surface area contributed by atoms with Gasteiger partial charge in [0, 0.05) is 39.4 Å². The van der Waals surface area contributed by atoms with Gasteiger partial charge >= 0.3 is 6.18 Å². The molecule has 1 unspecified atom stereocenters. The zero-order chi connectivity index (χ0) is 24.4. The Bertz CT molecular complexity index is 1160. The van der Waals surface area contributed by atoms with Crippen molar-refractivity contribution in [3.63, 3.8) is 0 Å². The molecule has 11 heteroatoms. The number of alkyl halides is 3. The molecule has 0 saturated carbocycles. The number of sulfonamides is 1. The molecule has 1 heterocycles. The van der Waals surface area contributed by atoms with E-state index in [9.17, 15) is 26.4 Å². The van der Waals surface area contributed by atoms with Crippen molar-refractivity contribution in [3.8, 4) is 6.07 Å². The largest absolute Gasteiger partial charge is 0.417 e. The fourth-order valence-corrected chi connectivity index (χ4v) is 5.45. The normalized spacial score (nSPS) is 17.5. The van der Waals surface area contributed by atoms with Gasteiger partial charge in [-0.15, -0.1) is 0 Å². The third-order valence-corrected chi connectivity index (χ3v) is 7.25. The van der Waals surface area contributed by atoms with Crippen molar-refractivity contribution < 1.29 is 26.4 Å². The molecule has 176 valence electrons. The van der Waals surface area contributed by atoms with Crippen molar-refractivity contribution >= 4 is 21.6 Å². The number of hydrogen-bond donors (Lipinski definition) is 0. The summed E-state index contributed by atoms with van der Waals surface area (Å²) < 4.78 is 67.6. The topological polar surface area (TPSA) is 84.7 Å². The van der Waals surface area contributed by atoms with Gasteiger partial charge < -0.3 is 9.80 Å². The first kappa shape index (κ1) is 24.5. The Balaban J connectivity index is 1.93. The molecule has 3 rings (SSSR count). The Labute approximate surface area is 190 Å². The van der Waals surface area contributed by atoms with E-state index >= 15 is 0 Å². The molecule has 1 atom stereocenters. The van der Waals surface area contributed by atoms with Crippen LogP contribution < -0.4 is 4.90 Å². The molecule has 0 aromatic heterocycles. The van der Waals surface area contributed by atoms with Gasteiger partial charge in [-0.1, -0.05) is 30.3 Å². The van der Waals surface area contributed by atoms with Gasteiger partial charge in [-0.2, -0.15) is 22.7 Å². The molecule has 0 spiro atoms. The number of piperazine rings is 1. The molecule has 2 aromatic rings. The molecule has 0 N–H and O–H groups in total. The number of carbonyl (C=O) groups excluding carboxylic acids is 1. The standard InChI is InChI=1S/C22H23F3N4O3S/c1-27(2)21(30)20-14-28(18-9-8-17(13-26)19(12-18)22(23,24)25)10-11-29(20)33(31,32)15-16-6-4-3-5-7-16/h3-9,12,20H,10-11,14-15H2,1-2H3. The number of amides is 1. The van der Waals surface area contributed by atoms with Gasteiger partial charge in [0.05, 0.1) is 22.9 Å². The first-order valence-electron chi connectivity index (χ1n) is 10.0. The zero-order valence-corrected chi connectivity index (χ0v) is 18.9. The van der Waals surface area contributed by atoms with E-state index in [1.807, 2.05) is 0 Å². The summed E-state index contributed by atoms with van der Waals surface area (Å²) in [4.78, 5) is 15.7. The van der Waals surface area contributed by atoms with Crippen molar-refractivity contribution in [3.05, 3.63) is 65.2 Å².